The molecule has 0 amide bonds. The van der Waals surface area contributed by atoms with Crippen LogP contribution in [0, 0.1) is 6.92 Å². The lowest BCUT2D eigenvalue weighted by atomic mass is 9.68. The second-order valence-corrected chi connectivity index (χ2v) is 5.77. The molecule has 5 heteroatoms. The van der Waals surface area contributed by atoms with Crippen molar-refractivity contribution in [3.63, 3.8) is 0 Å². The van der Waals surface area contributed by atoms with Crippen molar-refractivity contribution in [2.75, 3.05) is 7.11 Å². The number of aromatic hydroxyl groups is 1. The largest absolute Gasteiger partial charge is 0.504 e. The number of aliphatic carboxylic acids is 1. The zero-order valence-corrected chi connectivity index (χ0v) is 12.5. The maximum absolute atomic E-state index is 11.9. The van der Waals surface area contributed by atoms with Crippen LogP contribution in [0.2, 0.25) is 5.02 Å². The van der Waals surface area contributed by atoms with Gasteiger partial charge in [-0.25, -0.2) is 0 Å². The minimum absolute atomic E-state index is 0.107. The van der Waals surface area contributed by atoms with Crippen molar-refractivity contribution >= 4 is 17.6 Å². The quantitative estimate of drug-likeness (QED) is 0.894. The molecule has 0 spiro atoms. The number of ether oxygens (including phenoxy) is 1. The molecule has 4 nitrogen and oxygen atoms in total. The van der Waals surface area contributed by atoms with E-state index in [0.29, 0.717) is 29.0 Å². The highest BCUT2D eigenvalue weighted by molar-refractivity contribution is 6.31. The Hall–Kier alpha value is -1.42. The van der Waals surface area contributed by atoms with E-state index in [-0.39, 0.29) is 11.5 Å². The summed E-state index contributed by atoms with van der Waals surface area (Å²) < 4.78 is 5.27. The minimum Gasteiger partial charge on any atom is -0.504 e. The first-order chi connectivity index (χ1) is 9.44. The Morgan fingerprint density at radius 1 is 1.35 bits per heavy atom. The molecule has 1 aromatic rings. The fourth-order valence-corrected chi connectivity index (χ4v) is 3.42. The predicted octanol–water partition coefficient (Wildman–Crippen LogP) is 3.65. The second-order valence-electron chi connectivity index (χ2n) is 5.36. The number of benzene rings is 1. The number of hydrogen-bond acceptors (Lipinski definition) is 3. The van der Waals surface area contributed by atoms with E-state index >= 15 is 0 Å². The summed E-state index contributed by atoms with van der Waals surface area (Å²) in [6, 6.07) is 1.40. The summed E-state index contributed by atoms with van der Waals surface area (Å²) in [5.74, 6) is -0.749. The first-order valence-electron chi connectivity index (χ1n) is 6.74. The Morgan fingerprint density at radius 2 is 1.95 bits per heavy atom. The van der Waals surface area contributed by atoms with Crippen molar-refractivity contribution in [1.29, 1.82) is 0 Å². The van der Waals surface area contributed by atoms with Crippen LogP contribution < -0.4 is 4.74 Å². The molecule has 0 saturated heterocycles. The molecule has 0 aliphatic heterocycles. The summed E-state index contributed by atoms with van der Waals surface area (Å²) in [5.41, 5.74) is 0.179. The van der Waals surface area contributed by atoms with Gasteiger partial charge in [-0.05, 0) is 25.3 Å². The van der Waals surface area contributed by atoms with E-state index in [1.54, 1.807) is 6.92 Å². The van der Waals surface area contributed by atoms with Crippen molar-refractivity contribution in [2.24, 2.45) is 0 Å². The molecule has 1 aliphatic carbocycles. The summed E-state index contributed by atoms with van der Waals surface area (Å²) in [6.07, 6.45) is 3.81. The van der Waals surface area contributed by atoms with E-state index < -0.39 is 11.4 Å². The first-order valence-corrected chi connectivity index (χ1v) is 7.12. The van der Waals surface area contributed by atoms with Crippen LogP contribution >= 0.6 is 11.6 Å². The number of carboxylic acid groups (broad SMARTS) is 1. The van der Waals surface area contributed by atoms with Crippen molar-refractivity contribution < 1.29 is 19.7 Å². The Balaban J connectivity index is 2.73. The monoisotopic (exact) mass is 298 g/mol. The first kappa shape index (κ1) is 15.0. The molecule has 1 aliphatic rings. The SMILES string of the molecule is COc1c(O)cc(Cl)c(C)c1C1(C(=O)O)CCCCC1. The van der Waals surface area contributed by atoms with E-state index in [0.717, 1.165) is 19.3 Å². The van der Waals surface area contributed by atoms with Crippen LogP contribution in [-0.2, 0) is 10.2 Å². The smallest absolute Gasteiger partial charge is 0.314 e. The highest BCUT2D eigenvalue weighted by atomic mass is 35.5. The maximum atomic E-state index is 11.9. The van der Waals surface area contributed by atoms with E-state index in [2.05, 4.69) is 0 Å². The molecule has 110 valence electrons. The van der Waals surface area contributed by atoms with Gasteiger partial charge in [-0.3, -0.25) is 4.79 Å². The van der Waals surface area contributed by atoms with Crippen molar-refractivity contribution in [2.45, 2.75) is 44.4 Å². The van der Waals surface area contributed by atoms with Crippen LogP contribution in [0.4, 0.5) is 0 Å². The Labute approximate surface area is 123 Å². The standard InChI is InChI=1S/C15H19ClO4/c1-9-10(16)8-11(17)13(20-2)12(9)15(14(18)19)6-4-3-5-7-15/h8,17H,3-7H2,1-2H3,(H,18,19). The molecule has 0 radical (unpaired) electrons. The Kier molecular flexibility index (Phi) is 4.14. The fraction of sp³-hybridized carbons (Fsp3) is 0.533. The lowest BCUT2D eigenvalue weighted by Gasteiger charge is -2.36. The molecule has 1 saturated carbocycles. The van der Waals surface area contributed by atoms with Crippen LogP contribution in [0.25, 0.3) is 0 Å². The van der Waals surface area contributed by atoms with Crippen molar-refractivity contribution in [3.8, 4) is 11.5 Å². The topological polar surface area (TPSA) is 66.8 Å². The fourth-order valence-electron chi connectivity index (χ4n) is 3.22. The van der Waals surface area contributed by atoms with Gasteiger partial charge in [-0.2, -0.15) is 0 Å². The molecular formula is C15H19ClO4. The maximum Gasteiger partial charge on any atom is 0.314 e. The van der Waals surface area contributed by atoms with Gasteiger partial charge in [-0.15, -0.1) is 0 Å². The molecule has 0 atom stereocenters. The van der Waals surface area contributed by atoms with Gasteiger partial charge in [0, 0.05) is 16.7 Å². The van der Waals surface area contributed by atoms with E-state index in [9.17, 15) is 15.0 Å². The van der Waals surface area contributed by atoms with Gasteiger partial charge in [0.2, 0.25) is 0 Å². The normalized spacial score (nSPS) is 17.8. The number of rotatable bonds is 3. The average Bonchev–Trinajstić information content (AvgIpc) is 2.43. The van der Waals surface area contributed by atoms with Gasteiger partial charge in [0.15, 0.2) is 11.5 Å². The summed E-state index contributed by atoms with van der Waals surface area (Å²) in [4.78, 5) is 11.9. The molecule has 20 heavy (non-hydrogen) atoms. The number of hydrogen-bond donors (Lipinski definition) is 2. The van der Waals surface area contributed by atoms with Crippen LogP contribution in [-0.4, -0.2) is 23.3 Å². The lowest BCUT2D eigenvalue weighted by molar-refractivity contribution is -0.145. The summed E-state index contributed by atoms with van der Waals surface area (Å²) in [7, 11) is 1.43. The zero-order valence-electron chi connectivity index (χ0n) is 11.7. The molecule has 0 aromatic heterocycles. The average molecular weight is 299 g/mol. The van der Waals surface area contributed by atoms with Crippen LogP contribution in [0.1, 0.15) is 43.2 Å². The molecule has 1 aromatic carbocycles. The molecule has 0 unspecified atom stereocenters. The molecule has 0 heterocycles. The van der Waals surface area contributed by atoms with Gasteiger partial charge in [0.25, 0.3) is 0 Å². The van der Waals surface area contributed by atoms with Crippen LogP contribution in [0.5, 0.6) is 11.5 Å². The van der Waals surface area contributed by atoms with Gasteiger partial charge >= 0.3 is 5.97 Å². The highest BCUT2D eigenvalue weighted by Gasteiger charge is 2.45. The molecule has 2 N–H and O–H groups in total. The number of phenols is 1. The number of methoxy groups -OCH3 is 1. The summed E-state index contributed by atoms with van der Waals surface area (Å²) >= 11 is 6.13. The van der Waals surface area contributed by atoms with E-state index in [1.807, 2.05) is 0 Å². The van der Waals surface area contributed by atoms with Gasteiger partial charge in [0.1, 0.15) is 0 Å². The van der Waals surface area contributed by atoms with Gasteiger partial charge in [0.05, 0.1) is 12.5 Å². The van der Waals surface area contributed by atoms with Crippen molar-refractivity contribution in [3.05, 3.63) is 22.2 Å². The second kappa shape index (κ2) is 5.52. The van der Waals surface area contributed by atoms with E-state index in [4.69, 9.17) is 16.3 Å². The highest BCUT2D eigenvalue weighted by Crippen LogP contribution is 2.49. The number of halogens is 1. The molecule has 1 fully saturated rings. The summed E-state index contributed by atoms with van der Waals surface area (Å²) in [5, 5.41) is 20.2. The van der Waals surface area contributed by atoms with Crippen LogP contribution in [0.3, 0.4) is 0 Å². The molecule has 2 rings (SSSR count). The predicted molar refractivity (Wildman–Crippen MR) is 76.8 cm³/mol. The Morgan fingerprint density at radius 3 is 2.45 bits per heavy atom. The molecule has 0 bridgehead atoms. The number of phenolic OH excluding ortho intramolecular Hbond substituents is 1. The Bertz CT molecular complexity index is 533. The number of carbonyl (C=O) groups is 1. The minimum atomic E-state index is -1.02. The molecular weight excluding hydrogens is 280 g/mol. The number of carboxylic acids is 1. The zero-order chi connectivity index (χ0) is 14.9. The van der Waals surface area contributed by atoms with Gasteiger partial charge in [-0.1, -0.05) is 30.9 Å². The third kappa shape index (κ3) is 2.22. The van der Waals surface area contributed by atoms with E-state index in [1.165, 1.54) is 13.2 Å². The third-order valence-corrected chi connectivity index (χ3v) is 4.65. The summed E-state index contributed by atoms with van der Waals surface area (Å²) in [6.45, 7) is 1.78. The van der Waals surface area contributed by atoms with Crippen molar-refractivity contribution in [1.82, 2.24) is 0 Å². The van der Waals surface area contributed by atoms with Gasteiger partial charge < -0.3 is 14.9 Å². The van der Waals surface area contributed by atoms with Crippen LogP contribution in [0.15, 0.2) is 6.07 Å². The lowest BCUT2D eigenvalue weighted by Crippen LogP contribution is -2.39. The third-order valence-electron chi connectivity index (χ3n) is 4.26.